The smallest absolute Gasteiger partial charge is 0.306 e. The molecule has 0 saturated heterocycles. The minimum Gasteiger partial charge on any atom is -0.465 e. The molecule has 4 aliphatic rings. The first-order valence-corrected chi connectivity index (χ1v) is 10.8. The molecule has 4 rings (SSSR count). The standard InChI is InChI=1S/C22H34O4/c1-13-15-3-5-17(9-15)19(13)11-25-21(23)7-8-22(24)26-12-20-14(2)16-4-6-18(20)10-16/h13-20H,3-12H2,1-2H3. The lowest BCUT2D eigenvalue weighted by Crippen LogP contribution is -2.27. The van der Waals surface area contributed by atoms with Gasteiger partial charge in [0.25, 0.3) is 0 Å². The van der Waals surface area contributed by atoms with E-state index in [1.54, 1.807) is 0 Å². The van der Waals surface area contributed by atoms with Crippen LogP contribution in [0.1, 0.15) is 65.2 Å². The van der Waals surface area contributed by atoms with Crippen LogP contribution in [0.4, 0.5) is 0 Å². The minimum atomic E-state index is -0.245. The molecular weight excluding hydrogens is 328 g/mol. The summed E-state index contributed by atoms with van der Waals surface area (Å²) in [6.07, 6.45) is 8.23. The van der Waals surface area contributed by atoms with E-state index in [2.05, 4.69) is 13.8 Å². The summed E-state index contributed by atoms with van der Waals surface area (Å²) in [5.41, 5.74) is 0. The fraction of sp³-hybridized carbons (Fsp3) is 0.909. The van der Waals surface area contributed by atoms with Gasteiger partial charge in [0.15, 0.2) is 0 Å². The highest BCUT2D eigenvalue weighted by molar-refractivity contribution is 5.77. The molecule has 26 heavy (non-hydrogen) atoms. The van der Waals surface area contributed by atoms with Crippen molar-refractivity contribution in [2.45, 2.75) is 65.2 Å². The van der Waals surface area contributed by atoms with Crippen LogP contribution in [0.25, 0.3) is 0 Å². The van der Waals surface area contributed by atoms with E-state index in [9.17, 15) is 9.59 Å². The number of fused-ring (bicyclic) bond motifs is 4. The van der Waals surface area contributed by atoms with Gasteiger partial charge < -0.3 is 9.47 Å². The third kappa shape index (κ3) is 3.53. The van der Waals surface area contributed by atoms with Crippen molar-refractivity contribution in [2.24, 2.45) is 47.3 Å². The van der Waals surface area contributed by atoms with Crippen LogP contribution in [-0.4, -0.2) is 25.2 Å². The Morgan fingerprint density at radius 2 is 1.08 bits per heavy atom. The van der Waals surface area contributed by atoms with Crippen molar-refractivity contribution in [3.05, 3.63) is 0 Å². The van der Waals surface area contributed by atoms with Gasteiger partial charge in [-0.1, -0.05) is 13.8 Å². The molecule has 146 valence electrons. The van der Waals surface area contributed by atoms with E-state index in [1.807, 2.05) is 0 Å². The summed E-state index contributed by atoms with van der Waals surface area (Å²) < 4.78 is 11.0. The zero-order valence-corrected chi connectivity index (χ0v) is 16.3. The molecule has 0 spiro atoms. The van der Waals surface area contributed by atoms with Crippen molar-refractivity contribution in [3.8, 4) is 0 Å². The van der Waals surface area contributed by atoms with Crippen LogP contribution in [0.2, 0.25) is 0 Å². The molecule has 4 aliphatic carbocycles. The maximum Gasteiger partial charge on any atom is 0.306 e. The van der Waals surface area contributed by atoms with E-state index in [0.29, 0.717) is 36.9 Å². The van der Waals surface area contributed by atoms with Gasteiger partial charge in [-0.2, -0.15) is 0 Å². The predicted octanol–water partition coefficient (Wildman–Crippen LogP) is 4.22. The first kappa shape index (κ1) is 18.3. The summed E-state index contributed by atoms with van der Waals surface area (Å²) in [6.45, 7) is 5.69. The molecule has 0 heterocycles. The lowest BCUT2D eigenvalue weighted by atomic mass is 9.81. The second kappa shape index (κ2) is 7.52. The lowest BCUT2D eigenvalue weighted by Gasteiger charge is -2.28. The summed E-state index contributed by atoms with van der Waals surface area (Å²) in [4.78, 5) is 24.0. The van der Waals surface area contributed by atoms with Crippen LogP contribution in [0, 0.1) is 47.3 Å². The Hall–Kier alpha value is -1.06. The Labute approximate surface area is 157 Å². The van der Waals surface area contributed by atoms with Gasteiger partial charge in [-0.3, -0.25) is 9.59 Å². The molecule has 4 heteroatoms. The molecule has 0 radical (unpaired) electrons. The number of hydrogen-bond donors (Lipinski definition) is 0. The highest BCUT2D eigenvalue weighted by atomic mass is 16.5. The molecule has 0 aliphatic heterocycles. The van der Waals surface area contributed by atoms with E-state index in [-0.39, 0.29) is 24.8 Å². The van der Waals surface area contributed by atoms with Crippen LogP contribution in [0.15, 0.2) is 0 Å². The number of esters is 2. The lowest BCUT2D eigenvalue weighted by molar-refractivity contribution is -0.152. The van der Waals surface area contributed by atoms with Gasteiger partial charge in [0.1, 0.15) is 0 Å². The maximum atomic E-state index is 12.0. The van der Waals surface area contributed by atoms with E-state index in [4.69, 9.17) is 9.47 Å². The minimum absolute atomic E-state index is 0.153. The van der Waals surface area contributed by atoms with Gasteiger partial charge in [0.05, 0.1) is 26.1 Å². The maximum absolute atomic E-state index is 12.0. The summed E-state index contributed by atoms with van der Waals surface area (Å²) in [7, 11) is 0. The highest BCUT2D eigenvalue weighted by Crippen LogP contribution is 2.52. The molecule has 0 aromatic carbocycles. The Balaban J connectivity index is 1.12. The van der Waals surface area contributed by atoms with Crippen LogP contribution < -0.4 is 0 Å². The summed E-state index contributed by atoms with van der Waals surface area (Å²) in [5.74, 6) is 5.10. The SMILES string of the molecule is CC1C2CCC(C2)C1COC(=O)CCC(=O)OCC1C2CCC(C2)C1C. The average molecular weight is 363 g/mol. The Morgan fingerprint density at radius 3 is 1.42 bits per heavy atom. The number of ether oxygens (including phenoxy) is 2. The summed E-state index contributed by atoms with van der Waals surface area (Å²) in [5, 5.41) is 0. The first-order chi connectivity index (χ1) is 12.5. The molecule has 0 amide bonds. The van der Waals surface area contributed by atoms with Crippen molar-refractivity contribution in [1.82, 2.24) is 0 Å². The monoisotopic (exact) mass is 362 g/mol. The molecule has 0 N–H and O–H groups in total. The topological polar surface area (TPSA) is 52.6 Å². The van der Waals surface area contributed by atoms with Gasteiger partial charge in [-0.05, 0) is 85.9 Å². The molecule has 4 nitrogen and oxygen atoms in total. The fourth-order valence-electron chi connectivity index (χ4n) is 6.70. The van der Waals surface area contributed by atoms with E-state index < -0.39 is 0 Å². The molecule has 4 bridgehead atoms. The summed E-state index contributed by atoms with van der Waals surface area (Å²) >= 11 is 0. The van der Waals surface area contributed by atoms with E-state index >= 15 is 0 Å². The van der Waals surface area contributed by atoms with Crippen LogP contribution in [0.3, 0.4) is 0 Å². The van der Waals surface area contributed by atoms with E-state index in [0.717, 1.165) is 23.7 Å². The normalized spacial score (nSPS) is 43.0. The molecule has 8 unspecified atom stereocenters. The Morgan fingerprint density at radius 1 is 0.692 bits per heavy atom. The molecule has 8 atom stereocenters. The summed E-state index contributed by atoms with van der Waals surface area (Å²) in [6, 6.07) is 0. The van der Waals surface area contributed by atoms with Crippen molar-refractivity contribution in [3.63, 3.8) is 0 Å². The number of rotatable bonds is 7. The van der Waals surface area contributed by atoms with Gasteiger partial charge >= 0.3 is 11.9 Å². The van der Waals surface area contributed by atoms with E-state index in [1.165, 1.54) is 38.5 Å². The number of carbonyl (C=O) groups is 2. The first-order valence-electron chi connectivity index (χ1n) is 10.8. The van der Waals surface area contributed by atoms with Crippen molar-refractivity contribution in [2.75, 3.05) is 13.2 Å². The molecule has 0 aromatic heterocycles. The molecule has 4 saturated carbocycles. The van der Waals surface area contributed by atoms with Gasteiger partial charge in [-0.15, -0.1) is 0 Å². The third-order valence-electron chi connectivity index (χ3n) is 8.48. The number of hydrogen-bond acceptors (Lipinski definition) is 4. The zero-order valence-electron chi connectivity index (χ0n) is 16.3. The Bertz CT molecular complexity index is 492. The molecular formula is C22H34O4. The van der Waals surface area contributed by atoms with Crippen molar-refractivity contribution >= 4 is 11.9 Å². The fourth-order valence-corrected chi connectivity index (χ4v) is 6.70. The second-order valence-corrected chi connectivity index (χ2v) is 9.58. The van der Waals surface area contributed by atoms with Gasteiger partial charge in [-0.25, -0.2) is 0 Å². The van der Waals surface area contributed by atoms with Crippen molar-refractivity contribution in [1.29, 1.82) is 0 Å². The number of carbonyl (C=O) groups excluding carboxylic acids is 2. The average Bonchev–Trinajstić information content (AvgIpc) is 3.38. The quantitative estimate of drug-likeness (QED) is 0.636. The predicted molar refractivity (Wildman–Crippen MR) is 98.1 cm³/mol. The third-order valence-corrected chi connectivity index (χ3v) is 8.48. The largest absolute Gasteiger partial charge is 0.465 e. The molecule has 4 fully saturated rings. The Kier molecular flexibility index (Phi) is 5.29. The molecule has 0 aromatic rings. The van der Waals surface area contributed by atoms with Crippen molar-refractivity contribution < 1.29 is 19.1 Å². The zero-order chi connectivity index (χ0) is 18.3. The van der Waals surface area contributed by atoms with Crippen LogP contribution >= 0.6 is 0 Å². The van der Waals surface area contributed by atoms with Gasteiger partial charge in [0.2, 0.25) is 0 Å². The van der Waals surface area contributed by atoms with Gasteiger partial charge in [0, 0.05) is 0 Å². The second-order valence-electron chi connectivity index (χ2n) is 9.58. The van der Waals surface area contributed by atoms with Crippen LogP contribution in [-0.2, 0) is 19.1 Å². The highest BCUT2D eigenvalue weighted by Gasteiger charge is 2.46. The van der Waals surface area contributed by atoms with Crippen LogP contribution in [0.5, 0.6) is 0 Å².